The first-order chi connectivity index (χ1) is 31.7. The van der Waals surface area contributed by atoms with E-state index in [1.165, 1.54) is 0 Å². The van der Waals surface area contributed by atoms with Crippen molar-refractivity contribution in [2.45, 2.75) is 0 Å². The van der Waals surface area contributed by atoms with Crippen molar-refractivity contribution in [3.8, 4) is 102 Å². The lowest BCUT2D eigenvalue weighted by atomic mass is 9.94. The Morgan fingerprint density at radius 2 is 0.500 bits per heavy atom. The number of fused-ring (bicyclic) bond motifs is 1. The van der Waals surface area contributed by atoms with Crippen molar-refractivity contribution in [2.75, 3.05) is 0 Å². The van der Waals surface area contributed by atoms with Gasteiger partial charge < -0.3 is 0 Å². The first-order valence-electron chi connectivity index (χ1n) is 21.3. The molecule has 0 aliphatic carbocycles. The van der Waals surface area contributed by atoms with Crippen LogP contribution in [0.3, 0.4) is 0 Å². The van der Waals surface area contributed by atoms with Gasteiger partial charge in [0, 0.05) is 33.4 Å². The van der Waals surface area contributed by atoms with Crippen LogP contribution in [0, 0.1) is 0 Å². The second kappa shape index (κ2) is 17.0. The van der Waals surface area contributed by atoms with Gasteiger partial charge in [-0.3, -0.25) is 0 Å². The number of aromatic nitrogens is 6. The maximum Gasteiger partial charge on any atom is 0.164 e. The third-order valence-electron chi connectivity index (χ3n) is 11.4. The van der Waals surface area contributed by atoms with Crippen molar-refractivity contribution >= 4 is 10.8 Å². The molecule has 6 nitrogen and oxygen atoms in total. The average Bonchev–Trinajstić information content (AvgIpc) is 3.39. The zero-order valence-electron chi connectivity index (χ0n) is 34.6. The summed E-state index contributed by atoms with van der Waals surface area (Å²) < 4.78 is 0. The summed E-state index contributed by atoms with van der Waals surface area (Å²) in [6.07, 6.45) is 0. The summed E-state index contributed by atoms with van der Waals surface area (Å²) in [5.74, 6) is 3.77. The summed E-state index contributed by atoms with van der Waals surface area (Å²) in [6.45, 7) is 0. The van der Waals surface area contributed by atoms with Crippen molar-refractivity contribution < 1.29 is 0 Å². The molecular formula is C58H38N6. The highest BCUT2D eigenvalue weighted by molar-refractivity contribution is 5.99. The van der Waals surface area contributed by atoms with Crippen molar-refractivity contribution in [3.05, 3.63) is 231 Å². The van der Waals surface area contributed by atoms with E-state index < -0.39 is 0 Å². The lowest BCUT2D eigenvalue weighted by Crippen LogP contribution is -2.00. The number of rotatable bonds is 9. The highest BCUT2D eigenvalue weighted by Gasteiger charge is 2.16. The Balaban J connectivity index is 0.937. The average molecular weight is 819 g/mol. The van der Waals surface area contributed by atoms with Crippen molar-refractivity contribution in [1.29, 1.82) is 0 Å². The molecule has 0 N–H and O–H groups in total. The molecule has 2 aromatic heterocycles. The van der Waals surface area contributed by atoms with Gasteiger partial charge in [-0.05, 0) is 56.3 Å². The van der Waals surface area contributed by atoms with Gasteiger partial charge in [-0.2, -0.15) is 0 Å². The number of benzene rings is 9. The van der Waals surface area contributed by atoms with Crippen LogP contribution in [0.2, 0.25) is 0 Å². The Morgan fingerprint density at radius 3 is 0.984 bits per heavy atom. The Labute approximate surface area is 371 Å². The Morgan fingerprint density at radius 1 is 0.188 bits per heavy atom. The van der Waals surface area contributed by atoms with Gasteiger partial charge in [-0.15, -0.1) is 0 Å². The minimum Gasteiger partial charge on any atom is -0.208 e. The summed E-state index contributed by atoms with van der Waals surface area (Å²) >= 11 is 0. The monoisotopic (exact) mass is 818 g/mol. The van der Waals surface area contributed by atoms with Crippen LogP contribution < -0.4 is 0 Å². The summed E-state index contributed by atoms with van der Waals surface area (Å²) in [5.41, 5.74) is 12.3. The van der Waals surface area contributed by atoms with Crippen LogP contribution in [0.5, 0.6) is 0 Å². The van der Waals surface area contributed by atoms with Crippen LogP contribution in [0.1, 0.15) is 0 Å². The highest BCUT2D eigenvalue weighted by Crippen LogP contribution is 2.35. The first-order valence-corrected chi connectivity index (χ1v) is 21.3. The van der Waals surface area contributed by atoms with Gasteiger partial charge >= 0.3 is 0 Å². The number of hydrogen-bond acceptors (Lipinski definition) is 6. The third-order valence-corrected chi connectivity index (χ3v) is 11.4. The fraction of sp³-hybridized carbons (Fsp3) is 0. The Bertz CT molecular complexity index is 3340. The summed E-state index contributed by atoms with van der Waals surface area (Å²) in [5, 5.41) is 2.32. The van der Waals surface area contributed by atoms with E-state index in [1.54, 1.807) is 0 Å². The van der Waals surface area contributed by atoms with Crippen LogP contribution >= 0.6 is 0 Å². The summed E-state index contributed by atoms with van der Waals surface area (Å²) in [4.78, 5) is 29.8. The smallest absolute Gasteiger partial charge is 0.164 e. The van der Waals surface area contributed by atoms with Crippen LogP contribution in [-0.4, -0.2) is 29.9 Å². The van der Waals surface area contributed by atoms with Crippen molar-refractivity contribution in [3.63, 3.8) is 0 Å². The van der Waals surface area contributed by atoms with E-state index in [4.69, 9.17) is 29.9 Å². The predicted octanol–water partition coefficient (Wildman–Crippen LogP) is 14.2. The van der Waals surface area contributed by atoms with E-state index in [0.717, 1.165) is 77.5 Å². The molecule has 0 unspecified atom stereocenters. The molecular weight excluding hydrogens is 781 g/mol. The molecule has 11 aromatic rings. The first kappa shape index (κ1) is 38.2. The zero-order valence-corrected chi connectivity index (χ0v) is 34.6. The van der Waals surface area contributed by atoms with E-state index in [-0.39, 0.29) is 0 Å². The van der Waals surface area contributed by atoms with E-state index in [0.29, 0.717) is 34.9 Å². The van der Waals surface area contributed by atoms with E-state index in [2.05, 4.69) is 133 Å². The maximum atomic E-state index is 5.07. The molecule has 9 aromatic carbocycles. The highest BCUT2D eigenvalue weighted by atomic mass is 15.0. The normalized spacial score (nSPS) is 11.1. The van der Waals surface area contributed by atoms with E-state index in [1.807, 2.05) is 97.1 Å². The zero-order chi connectivity index (χ0) is 42.7. The number of nitrogens with zero attached hydrogens (tertiary/aromatic N) is 6. The van der Waals surface area contributed by atoms with Gasteiger partial charge in [-0.25, -0.2) is 29.9 Å². The molecule has 6 heteroatoms. The van der Waals surface area contributed by atoms with Crippen LogP contribution in [0.25, 0.3) is 112 Å². The molecule has 0 amide bonds. The second-order valence-electron chi connectivity index (χ2n) is 15.6. The molecule has 0 bridgehead atoms. The van der Waals surface area contributed by atoms with Gasteiger partial charge in [0.25, 0.3) is 0 Å². The minimum atomic E-state index is 0.615. The van der Waals surface area contributed by atoms with Crippen LogP contribution in [0.15, 0.2) is 231 Å². The second-order valence-corrected chi connectivity index (χ2v) is 15.6. The van der Waals surface area contributed by atoms with Gasteiger partial charge in [0.2, 0.25) is 0 Å². The Kier molecular flexibility index (Phi) is 10.1. The fourth-order valence-electron chi connectivity index (χ4n) is 8.07. The SMILES string of the molecule is c1ccc(-c2ccc(-c3nc(-c4ccccc4)nc(-c4cccc(-c5ccc6cccc(-c7ccc(-c8nc(-c9ccccc9)nc(-c9ccccc9)n8)cc7)c6c5)c4)n3)cc2)cc1. The quantitative estimate of drug-likeness (QED) is 0.144. The van der Waals surface area contributed by atoms with Gasteiger partial charge in [-0.1, -0.05) is 218 Å². The fourth-order valence-corrected chi connectivity index (χ4v) is 8.07. The standard InChI is InChI=1S/C58H38N6/c1-5-15-39(16-6-1)40-27-32-46(33-28-40)57-62-55(45-21-11-4-12-22-45)63-58(64-57)50-25-13-24-48(37-50)49-36-31-41-23-14-26-51(52(41)38-49)42-29-34-47(35-30-42)56-60-53(43-17-7-2-8-18-43)59-54(61-56)44-19-9-3-10-20-44/h1-38H. The topological polar surface area (TPSA) is 77.3 Å². The van der Waals surface area contributed by atoms with Gasteiger partial charge in [0.05, 0.1) is 0 Å². The van der Waals surface area contributed by atoms with Crippen LogP contribution in [0.4, 0.5) is 0 Å². The lowest BCUT2D eigenvalue weighted by molar-refractivity contribution is 1.07. The van der Waals surface area contributed by atoms with Gasteiger partial charge in [0.1, 0.15) is 0 Å². The molecule has 2 heterocycles. The van der Waals surface area contributed by atoms with Crippen LogP contribution in [-0.2, 0) is 0 Å². The molecule has 0 saturated carbocycles. The molecule has 0 spiro atoms. The molecule has 0 aliphatic heterocycles. The molecule has 0 radical (unpaired) electrons. The minimum absolute atomic E-state index is 0.615. The number of hydrogen-bond donors (Lipinski definition) is 0. The van der Waals surface area contributed by atoms with E-state index in [9.17, 15) is 0 Å². The molecule has 0 saturated heterocycles. The summed E-state index contributed by atoms with van der Waals surface area (Å²) in [6, 6.07) is 79.1. The predicted molar refractivity (Wildman–Crippen MR) is 260 cm³/mol. The molecule has 0 atom stereocenters. The molecule has 64 heavy (non-hydrogen) atoms. The third kappa shape index (κ3) is 7.83. The summed E-state index contributed by atoms with van der Waals surface area (Å²) in [7, 11) is 0. The van der Waals surface area contributed by atoms with Gasteiger partial charge in [0.15, 0.2) is 34.9 Å². The Hall–Kier alpha value is -8.74. The maximum absolute atomic E-state index is 5.07. The van der Waals surface area contributed by atoms with Crippen molar-refractivity contribution in [1.82, 2.24) is 29.9 Å². The lowest BCUT2D eigenvalue weighted by Gasteiger charge is -2.12. The largest absolute Gasteiger partial charge is 0.208 e. The molecule has 0 fully saturated rings. The molecule has 11 rings (SSSR count). The van der Waals surface area contributed by atoms with Crippen molar-refractivity contribution in [2.24, 2.45) is 0 Å². The van der Waals surface area contributed by atoms with E-state index >= 15 is 0 Å². The molecule has 0 aliphatic rings. The molecule has 300 valence electrons.